The molecule has 6 heteroatoms. The average molecular weight is 286 g/mol. The van der Waals surface area contributed by atoms with E-state index in [1.807, 2.05) is 25.1 Å². The van der Waals surface area contributed by atoms with Crippen molar-refractivity contribution in [3.8, 4) is 0 Å². The number of hydrogen-bond donors (Lipinski definition) is 2. The number of carbonyl (C=O) groups excluding carboxylic acids is 1. The lowest BCUT2D eigenvalue weighted by Crippen LogP contribution is -2.30. The Morgan fingerprint density at radius 3 is 2.81 bits per heavy atom. The number of hydrogen-bond acceptors (Lipinski definition) is 4. The first-order valence-corrected chi connectivity index (χ1v) is 6.72. The standard InChI is InChI=1S/C15H18N4O2/c1-3-11-5-4-6-12(8-11)18-13(20)9-19-14(21)7-10(2)17-15(19)16/h4-8H,3,9H2,1-2H3,(H2,16,17)(H,18,20). The van der Waals surface area contributed by atoms with Crippen LogP contribution in [0.25, 0.3) is 0 Å². The van der Waals surface area contributed by atoms with E-state index in [4.69, 9.17) is 5.73 Å². The quantitative estimate of drug-likeness (QED) is 0.887. The predicted octanol–water partition coefficient (Wildman–Crippen LogP) is 1.34. The third-order valence-electron chi connectivity index (χ3n) is 3.09. The first kappa shape index (κ1) is 14.8. The molecule has 0 bridgehead atoms. The van der Waals surface area contributed by atoms with Crippen molar-refractivity contribution in [1.29, 1.82) is 0 Å². The summed E-state index contributed by atoms with van der Waals surface area (Å²) in [7, 11) is 0. The molecule has 0 unspecified atom stereocenters. The minimum atomic E-state index is -0.336. The summed E-state index contributed by atoms with van der Waals surface area (Å²) in [6.07, 6.45) is 0.887. The molecule has 0 atom stereocenters. The van der Waals surface area contributed by atoms with E-state index in [2.05, 4.69) is 10.3 Å². The average Bonchev–Trinajstić information content (AvgIpc) is 2.43. The predicted molar refractivity (Wildman–Crippen MR) is 82.1 cm³/mol. The molecule has 2 aromatic rings. The fraction of sp³-hybridized carbons (Fsp3) is 0.267. The third kappa shape index (κ3) is 3.68. The van der Waals surface area contributed by atoms with Gasteiger partial charge in [-0.1, -0.05) is 19.1 Å². The Bertz CT molecular complexity index is 722. The van der Waals surface area contributed by atoms with Crippen LogP contribution in [0.2, 0.25) is 0 Å². The van der Waals surface area contributed by atoms with Crippen LogP contribution in [0.1, 0.15) is 18.2 Å². The van der Waals surface area contributed by atoms with Crippen LogP contribution in [0, 0.1) is 6.92 Å². The van der Waals surface area contributed by atoms with Crippen molar-refractivity contribution >= 4 is 17.5 Å². The van der Waals surface area contributed by atoms with Gasteiger partial charge in [-0.2, -0.15) is 0 Å². The molecule has 0 aliphatic rings. The molecule has 0 aliphatic carbocycles. The van der Waals surface area contributed by atoms with Crippen LogP contribution in [-0.4, -0.2) is 15.5 Å². The van der Waals surface area contributed by atoms with Gasteiger partial charge in [-0.15, -0.1) is 0 Å². The molecular formula is C15H18N4O2. The van der Waals surface area contributed by atoms with Crippen LogP contribution < -0.4 is 16.6 Å². The highest BCUT2D eigenvalue weighted by Crippen LogP contribution is 2.11. The minimum absolute atomic E-state index is 0.0393. The fourth-order valence-corrected chi connectivity index (χ4v) is 2.01. The maximum atomic E-state index is 12.0. The zero-order valence-electron chi connectivity index (χ0n) is 12.1. The molecule has 0 spiro atoms. The largest absolute Gasteiger partial charge is 0.369 e. The molecule has 1 heterocycles. The van der Waals surface area contributed by atoms with Crippen molar-refractivity contribution < 1.29 is 4.79 Å². The van der Waals surface area contributed by atoms with Crippen molar-refractivity contribution in [2.45, 2.75) is 26.8 Å². The number of benzene rings is 1. The second kappa shape index (κ2) is 6.21. The lowest BCUT2D eigenvalue weighted by atomic mass is 10.1. The Hall–Kier alpha value is -2.63. The van der Waals surface area contributed by atoms with Crippen LogP contribution in [-0.2, 0) is 17.8 Å². The highest BCUT2D eigenvalue weighted by atomic mass is 16.2. The number of nitrogen functional groups attached to an aromatic ring is 1. The summed E-state index contributed by atoms with van der Waals surface area (Å²) < 4.78 is 1.14. The SMILES string of the molecule is CCc1cccc(NC(=O)Cn2c(N)nc(C)cc2=O)c1. The molecule has 1 aromatic heterocycles. The number of aryl methyl sites for hydroxylation is 2. The van der Waals surface area contributed by atoms with Gasteiger partial charge in [0.25, 0.3) is 5.56 Å². The van der Waals surface area contributed by atoms with Gasteiger partial charge in [0, 0.05) is 17.4 Å². The van der Waals surface area contributed by atoms with Crippen molar-refractivity contribution in [2.24, 2.45) is 0 Å². The molecule has 0 saturated heterocycles. The van der Waals surface area contributed by atoms with Gasteiger partial charge >= 0.3 is 0 Å². The Labute approximate surface area is 122 Å². The summed E-state index contributed by atoms with van der Waals surface area (Å²) in [5.74, 6) is -0.278. The van der Waals surface area contributed by atoms with Crippen LogP contribution in [0.4, 0.5) is 11.6 Å². The number of amides is 1. The molecule has 0 radical (unpaired) electrons. The molecular weight excluding hydrogens is 268 g/mol. The van der Waals surface area contributed by atoms with Crippen LogP contribution in [0.15, 0.2) is 35.1 Å². The molecule has 0 fully saturated rings. The van der Waals surface area contributed by atoms with Gasteiger partial charge in [-0.3, -0.25) is 14.2 Å². The van der Waals surface area contributed by atoms with E-state index in [-0.39, 0.29) is 24.0 Å². The third-order valence-corrected chi connectivity index (χ3v) is 3.09. The molecule has 0 aliphatic heterocycles. The Balaban J connectivity index is 2.13. The van der Waals surface area contributed by atoms with Gasteiger partial charge in [0.1, 0.15) is 6.54 Å². The molecule has 6 nitrogen and oxygen atoms in total. The van der Waals surface area contributed by atoms with Gasteiger partial charge in [0.15, 0.2) is 0 Å². The number of aromatic nitrogens is 2. The first-order chi connectivity index (χ1) is 9.99. The first-order valence-electron chi connectivity index (χ1n) is 6.72. The summed E-state index contributed by atoms with van der Waals surface area (Å²) in [5.41, 5.74) is 7.70. The summed E-state index contributed by atoms with van der Waals surface area (Å²) in [6.45, 7) is 3.56. The van der Waals surface area contributed by atoms with E-state index < -0.39 is 0 Å². The number of carbonyl (C=O) groups is 1. The van der Waals surface area contributed by atoms with Crippen LogP contribution in [0.3, 0.4) is 0 Å². The smallest absolute Gasteiger partial charge is 0.255 e. The van der Waals surface area contributed by atoms with Crippen molar-refractivity contribution in [3.63, 3.8) is 0 Å². The number of nitrogens with zero attached hydrogens (tertiary/aromatic N) is 2. The molecule has 110 valence electrons. The lowest BCUT2D eigenvalue weighted by Gasteiger charge is -2.10. The molecule has 2 rings (SSSR count). The van der Waals surface area contributed by atoms with Crippen molar-refractivity contribution in [1.82, 2.24) is 9.55 Å². The Kier molecular flexibility index (Phi) is 4.37. The van der Waals surface area contributed by atoms with Gasteiger partial charge in [-0.25, -0.2) is 4.98 Å². The van der Waals surface area contributed by atoms with E-state index in [1.54, 1.807) is 13.0 Å². The number of nitrogens with one attached hydrogen (secondary N) is 1. The highest BCUT2D eigenvalue weighted by molar-refractivity contribution is 5.90. The zero-order valence-corrected chi connectivity index (χ0v) is 12.1. The van der Waals surface area contributed by atoms with Crippen molar-refractivity contribution in [3.05, 3.63) is 51.9 Å². The maximum absolute atomic E-state index is 12.0. The summed E-state index contributed by atoms with van der Waals surface area (Å²) in [5, 5.41) is 2.75. The zero-order chi connectivity index (χ0) is 15.4. The molecule has 3 N–H and O–H groups in total. The minimum Gasteiger partial charge on any atom is -0.369 e. The van der Waals surface area contributed by atoms with Gasteiger partial charge in [-0.05, 0) is 31.0 Å². The summed E-state index contributed by atoms with van der Waals surface area (Å²) >= 11 is 0. The summed E-state index contributed by atoms with van der Waals surface area (Å²) in [6, 6.07) is 8.92. The van der Waals surface area contributed by atoms with E-state index in [0.717, 1.165) is 16.6 Å². The monoisotopic (exact) mass is 286 g/mol. The summed E-state index contributed by atoms with van der Waals surface area (Å²) in [4.78, 5) is 27.8. The molecule has 1 amide bonds. The second-order valence-electron chi connectivity index (χ2n) is 4.78. The van der Waals surface area contributed by atoms with E-state index in [0.29, 0.717) is 11.4 Å². The fourth-order valence-electron chi connectivity index (χ4n) is 2.01. The normalized spacial score (nSPS) is 10.4. The molecule has 1 aromatic carbocycles. The van der Waals surface area contributed by atoms with E-state index in [9.17, 15) is 9.59 Å². The van der Waals surface area contributed by atoms with Crippen molar-refractivity contribution in [2.75, 3.05) is 11.1 Å². The Morgan fingerprint density at radius 2 is 2.14 bits per heavy atom. The second-order valence-corrected chi connectivity index (χ2v) is 4.78. The molecule has 21 heavy (non-hydrogen) atoms. The number of rotatable bonds is 4. The molecule has 0 saturated carbocycles. The van der Waals surface area contributed by atoms with Crippen LogP contribution in [0.5, 0.6) is 0 Å². The van der Waals surface area contributed by atoms with Gasteiger partial charge in [0.2, 0.25) is 11.9 Å². The van der Waals surface area contributed by atoms with E-state index >= 15 is 0 Å². The maximum Gasteiger partial charge on any atom is 0.255 e. The van der Waals surface area contributed by atoms with Gasteiger partial charge < -0.3 is 11.1 Å². The van der Waals surface area contributed by atoms with Gasteiger partial charge in [0.05, 0.1) is 0 Å². The topological polar surface area (TPSA) is 90.0 Å². The Morgan fingerprint density at radius 1 is 1.38 bits per heavy atom. The highest BCUT2D eigenvalue weighted by Gasteiger charge is 2.09. The van der Waals surface area contributed by atoms with E-state index in [1.165, 1.54) is 6.07 Å². The number of nitrogens with two attached hydrogens (primary N) is 1. The van der Waals surface area contributed by atoms with Crippen LogP contribution >= 0.6 is 0 Å². The number of anilines is 2. The lowest BCUT2D eigenvalue weighted by molar-refractivity contribution is -0.116.